The molecule has 0 aromatic rings. The Balaban J connectivity index is 2.17. The van der Waals surface area contributed by atoms with E-state index in [0.29, 0.717) is 25.3 Å². The molecular formula is C8H13NO3. The Labute approximate surface area is 71.0 Å². The number of rotatable bonds is 3. The summed E-state index contributed by atoms with van der Waals surface area (Å²) < 4.78 is 0. The number of nitrogens with one attached hydrogen (secondary N) is 1. The molecule has 0 aromatic carbocycles. The standard InChI is InChI=1S/C8H13NO3/c10-7-3-1-6(5-9-7)2-4-8(11)12/h6H,1-5H2,(H,9,10)(H,11,12)/t6-/m0/s1. The van der Waals surface area contributed by atoms with Crippen LogP contribution in [0.15, 0.2) is 0 Å². The Morgan fingerprint density at radius 3 is 2.92 bits per heavy atom. The van der Waals surface area contributed by atoms with Crippen LogP contribution in [0.25, 0.3) is 0 Å². The molecule has 0 spiro atoms. The molecule has 4 heteroatoms. The van der Waals surface area contributed by atoms with Crippen molar-refractivity contribution in [1.82, 2.24) is 5.32 Å². The van der Waals surface area contributed by atoms with Crippen molar-refractivity contribution in [2.75, 3.05) is 6.54 Å². The molecule has 1 rings (SSSR count). The summed E-state index contributed by atoms with van der Waals surface area (Å²) in [6.45, 7) is 0.645. The normalized spacial score (nSPS) is 23.3. The maximum Gasteiger partial charge on any atom is 0.303 e. The number of hydrogen-bond donors (Lipinski definition) is 2. The molecule has 1 amide bonds. The van der Waals surface area contributed by atoms with E-state index in [2.05, 4.69) is 5.32 Å². The van der Waals surface area contributed by atoms with Crippen molar-refractivity contribution < 1.29 is 14.7 Å². The zero-order chi connectivity index (χ0) is 8.97. The summed E-state index contributed by atoms with van der Waals surface area (Å²) in [6, 6.07) is 0. The molecule has 1 aliphatic rings. The predicted molar refractivity (Wildman–Crippen MR) is 42.6 cm³/mol. The number of hydrogen-bond acceptors (Lipinski definition) is 2. The monoisotopic (exact) mass is 171 g/mol. The van der Waals surface area contributed by atoms with E-state index in [9.17, 15) is 9.59 Å². The SMILES string of the molecule is O=C(O)CC[C@@H]1CCC(=O)NC1. The van der Waals surface area contributed by atoms with Gasteiger partial charge in [0.2, 0.25) is 5.91 Å². The van der Waals surface area contributed by atoms with E-state index in [4.69, 9.17) is 5.11 Å². The van der Waals surface area contributed by atoms with Gasteiger partial charge in [-0.2, -0.15) is 0 Å². The van der Waals surface area contributed by atoms with Gasteiger partial charge in [-0.3, -0.25) is 9.59 Å². The molecule has 1 aliphatic heterocycles. The second-order valence-corrected chi connectivity index (χ2v) is 3.14. The van der Waals surface area contributed by atoms with Crippen LogP contribution in [-0.4, -0.2) is 23.5 Å². The summed E-state index contributed by atoms with van der Waals surface area (Å²) in [5.74, 6) is -0.313. The summed E-state index contributed by atoms with van der Waals surface area (Å²) in [5, 5.41) is 11.1. The molecule has 1 heterocycles. The maximum atomic E-state index is 10.7. The summed E-state index contributed by atoms with van der Waals surface area (Å²) in [6.07, 6.45) is 2.26. The molecule has 0 radical (unpaired) electrons. The molecule has 1 atom stereocenters. The molecule has 0 aliphatic carbocycles. The number of carbonyl (C=O) groups excluding carboxylic acids is 1. The molecular weight excluding hydrogens is 158 g/mol. The Kier molecular flexibility index (Phi) is 3.08. The van der Waals surface area contributed by atoms with E-state index in [-0.39, 0.29) is 12.3 Å². The molecule has 12 heavy (non-hydrogen) atoms. The van der Waals surface area contributed by atoms with Gasteiger partial charge in [-0.15, -0.1) is 0 Å². The molecule has 0 bridgehead atoms. The molecule has 4 nitrogen and oxygen atoms in total. The first-order valence-electron chi connectivity index (χ1n) is 4.17. The fourth-order valence-corrected chi connectivity index (χ4v) is 1.36. The average Bonchev–Trinajstić information content (AvgIpc) is 2.03. The van der Waals surface area contributed by atoms with Crippen LogP contribution >= 0.6 is 0 Å². The minimum Gasteiger partial charge on any atom is -0.481 e. The molecule has 1 saturated heterocycles. The number of carboxylic acid groups (broad SMARTS) is 1. The number of aliphatic carboxylic acids is 1. The molecule has 0 saturated carbocycles. The first-order valence-corrected chi connectivity index (χ1v) is 4.17. The van der Waals surface area contributed by atoms with Crippen molar-refractivity contribution >= 4 is 11.9 Å². The van der Waals surface area contributed by atoms with Crippen molar-refractivity contribution in [1.29, 1.82) is 0 Å². The van der Waals surface area contributed by atoms with Gasteiger partial charge in [-0.1, -0.05) is 0 Å². The van der Waals surface area contributed by atoms with Gasteiger partial charge in [0.25, 0.3) is 0 Å². The van der Waals surface area contributed by atoms with Crippen LogP contribution in [0, 0.1) is 5.92 Å². The Bertz CT molecular complexity index is 181. The fourth-order valence-electron chi connectivity index (χ4n) is 1.36. The first kappa shape index (κ1) is 9.03. The number of amides is 1. The third kappa shape index (κ3) is 2.90. The Morgan fingerprint density at radius 1 is 1.67 bits per heavy atom. The molecule has 2 N–H and O–H groups in total. The quantitative estimate of drug-likeness (QED) is 0.645. The van der Waals surface area contributed by atoms with Gasteiger partial charge < -0.3 is 10.4 Å². The van der Waals surface area contributed by atoms with Crippen molar-refractivity contribution in [3.63, 3.8) is 0 Å². The van der Waals surface area contributed by atoms with E-state index in [1.807, 2.05) is 0 Å². The molecule has 0 unspecified atom stereocenters. The van der Waals surface area contributed by atoms with Gasteiger partial charge in [0.1, 0.15) is 0 Å². The van der Waals surface area contributed by atoms with Crippen molar-refractivity contribution in [3.8, 4) is 0 Å². The zero-order valence-electron chi connectivity index (χ0n) is 6.88. The summed E-state index contributed by atoms with van der Waals surface area (Å²) >= 11 is 0. The van der Waals surface area contributed by atoms with Crippen LogP contribution in [-0.2, 0) is 9.59 Å². The smallest absolute Gasteiger partial charge is 0.303 e. The number of carboxylic acids is 1. The average molecular weight is 171 g/mol. The van der Waals surface area contributed by atoms with Gasteiger partial charge in [-0.25, -0.2) is 0 Å². The summed E-state index contributed by atoms with van der Waals surface area (Å²) in [5.41, 5.74) is 0. The molecule has 1 fully saturated rings. The predicted octanol–water partition coefficient (Wildman–Crippen LogP) is 0.377. The lowest BCUT2D eigenvalue weighted by Gasteiger charge is -2.21. The highest BCUT2D eigenvalue weighted by atomic mass is 16.4. The van der Waals surface area contributed by atoms with Gasteiger partial charge in [0.15, 0.2) is 0 Å². The lowest BCUT2D eigenvalue weighted by Crippen LogP contribution is -2.34. The number of carbonyl (C=O) groups is 2. The van der Waals surface area contributed by atoms with Crippen LogP contribution in [0.3, 0.4) is 0 Å². The van der Waals surface area contributed by atoms with Crippen molar-refractivity contribution in [2.45, 2.75) is 25.7 Å². The molecule has 0 aromatic heterocycles. The van der Waals surface area contributed by atoms with Gasteiger partial charge >= 0.3 is 5.97 Å². The Morgan fingerprint density at radius 2 is 2.42 bits per heavy atom. The van der Waals surface area contributed by atoms with Crippen LogP contribution in [0.2, 0.25) is 0 Å². The largest absolute Gasteiger partial charge is 0.481 e. The highest BCUT2D eigenvalue weighted by Crippen LogP contribution is 2.15. The van der Waals surface area contributed by atoms with Crippen LogP contribution in [0.1, 0.15) is 25.7 Å². The van der Waals surface area contributed by atoms with Gasteiger partial charge in [-0.05, 0) is 18.8 Å². The highest BCUT2D eigenvalue weighted by Gasteiger charge is 2.18. The van der Waals surface area contributed by atoms with E-state index in [0.717, 1.165) is 6.42 Å². The maximum absolute atomic E-state index is 10.7. The topological polar surface area (TPSA) is 66.4 Å². The van der Waals surface area contributed by atoms with Crippen LogP contribution in [0.4, 0.5) is 0 Å². The van der Waals surface area contributed by atoms with Crippen molar-refractivity contribution in [3.05, 3.63) is 0 Å². The minimum absolute atomic E-state index is 0.0848. The van der Waals surface area contributed by atoms with Crippen LogP contribution in [0.5, 0.6) is 0 Å². The minimum atomic E-state index is -0.757. The van der Waals surface area contributed by atoms with Crippen molar-refractivity contribution in [2.24, 2.45) is 5.92 Å². The second kappa shape index (κ2) is 4.09. The molecule has 68 valence electrons. The third-order valence-corrected chi connectivity index (χ3v) is 2.13. The van der Waals surface area contributed by atoms with E-state index < -0.39 is 5.97 Å². The Hall–Kier alpha value is -1.06. The zero-order valence-corrected chi connectivity index (χ0v) is 6.88. The third-order valence-electron chi connectivity index (χ3n) is 2.13. The first-order chi connectivity index (χ1) is 5.68. The lowest BCUT2D eigenvalue weighted by atomic mass is 9.94. The highest BCUT2D eigenvalue weighted by molar-refractivity contribution is 5.76. The van der Waals surface area contributed by atoms with Gasteiger partial charge in [0.05, 0.1) is 0 Å². The number of piperidine rings is 1. The van der Waals surface area contributed by atoms with E-state index in [1.54, 1.807) is 0 Å². The van der Waals surface area contributed by atoms with Crippen LogP contribution < -0.4 is 5.32 Å². The second-order valence-electron chi connectivity index (χ2n) is 3.14. The lowest BCUT2D eigenvalue weighted by molar-refractivity contribution is -0.137. The van der Waals surface area contributed by atoms with Gasteiger partial charge in [0, 0.05) is 19.4 Å². The van der Waals surface area contributed by atoms with E-state index in [1.165, 1.54) is 0 Å². The summed E-state index contributed by atoms with van der Waals surface area (Å²) in [7, 11) is 0. The summed E-state index contributed by atoms with van der Waals surface area (Å²) in [4.78, 5) is 20.9. The van der Waals surface area contributed by atoms with E-state index >= 15 is 0 Å². The fraction of sp³-hybridized carbons (Fsp3) is 0.750.